The maximum absolute atomic E-state index is 13.0. The lowest BCUT2D eigenvalue weighted by Gasteiger charge is -2.41. The molecule has 0 radical (unpaired) electrons. The zero-order chi connectivity index (χ0) is 21.0. The van der Waals surface area contributed by atoms with Gasteiger partial charge in [-0.25, -0.2) is 23.7 Å². The largest absolute Gasteiger partial charge is 0.390 e. The van der Waals surface area contributed by atoms with E-state index in [4.69, 9.17) is 0 Å². The number of hydrogen-bond donors (Lipinski definition) is 3. The van der Waals surface area contributed by atoms with E-state index in [1.54, 1.807) is 25.4 Å². The monoisotopic (exact) mass is 413 g/mol. The number of aromatic nitrogens is 6. The van der Waals surface area contributed by atoms with Crippen LogP contribution in [-0.4, -0.2) is 52.7 Å². The summed E-state index contributed by atoms with van der Waals surface area (Å²) in [6.07, 6.45) is 2.31. The summed E-state index contributed by atoms with van der Waals surface area (Å²) in [6, 6.07) is 3.74. The molecule has 0 atom stereocenters. The summed E-state index contributed by atoms with van der Waals surface area (Å²) in [7, 11) is 0. The fourth-order valence-electron chi connectivity index (χ4n) is 4.10. The van der Waals surface area contributed by atoms with E-state index in [9.17, 15) is 13.9 Å². The number of aromatic amines is 1. The molecule has 0 amide bonds. The van der Waals surface area contributed by atoms with E-state index >= 15 is 0 Å². The number of aryl methyl sites for hydroxylation is 1. The van der Waals surface area contributed by atoms with Crippen molar-refractivity contribution in [1.82, 2.24) is 29.5 Å². The standard InChI is InChI=1S/C20H21F2N7O/c1-10-25-15-4-3-14(27-18(15)29(10)9-16(21)22)12-7-23-17-13(12)8-24-19(28-17)26-11-5-20(2,30)6-11/h3-4,7-8,11,16,30H,5-6,9H2,1-2H3,(H2,23,24,26,28)/t11-,20-. The first-order valence-electron chi connectivity index (χ1n) is 9.74. The molecular weight excluding hydrogens is 392 g/mol. The Morgan fingerprint density at radius 3 is 2.83 bits per heavy atom. The van der Waals surface area contributed by atoms with Gasteiger partial charge in [0.2, 0.25) is 5.95 Å². The first-order valence-corrected chi connectivity index (χ1v) is 9.74. The molecule has 0 spiro atoms. The average molecular weight is 413 g/mol. The van der Waals surface area contributed by atoms with Gasteiger partial charge < -0.3 is 20.0 Å². The number of imidazole rings is 1. The van der Waals surface area contributed by atoms with Gasteiger partial charge in [0.05, 0.1) is 17.8 Å². The van der Waals surface area contributed by atoms with Gasteiger partial charge in [-0.2, -0.15) is 4.98 Å². The Balaban J connectivity index is 1.48. The van der Waals surface area contributed by atoms with Crippen molar-refractivity contribution < 1.29 is 13.9 Å². The summed E-state index contributed by atoms with van der Waals surface area (Å²) < 4.78 is 27.4. The van der Waals surface area contributed by atoms with Crippen LogP contribution < -0.4 is 5.32 Å². The number of nitrogens with one attached hydrogen (secondary N) is 2. The van der Waals surface area contributed by atoms with Gasteiger partial charge in [0.1, 0.15) is 17.0 Å². The SMILES string of the molecule is Cc1nc2ccc(-c3c[nH]c4nc(N[C@H]5C[C@](C)(O)C5)ncc34)nc2n1CC(F)F. The molecule has 10 heteroatoms. The quantitative estimate of drug-likeness (QED) is 0.464. The van der Waals surface area contributed by atoms with E-state index in [-0.39, 0.29) is 6.04 Å². The van der Waals surface area contributed by atoms with Gasteiger partial charge in [0, 0.05) is 29.4 Å². The van der Waals surface area contributed by atoms with Crippen molar-refractivity contribution in [2.24, 2.45) is 0 Å². The second-order valence-corrected chi connectivity index (χ2v) is 8.10. The number of aliphatic hydroxyl groups is 1. The zero-order valence-corrected chi connectivity index (χ0v) is 16.5. The smallest absolute Gasteiger partial charge is 0.256 e. The van der Waals surface area contributed by atoms with E-state index in [0.29, 0.717) is 47.1 Å². The molecule has 5 rings (SSSR count). The topological polar surface area (TPSA) is 105 Å². The third-order valence-corrected chi connectivity index (χ3v) is 5.52. The fourth-order valence-corrected chi connectivity index (χ4v) is 4.10. The predicted molar refractivity (Wildman–Crippen MR) is 108 cm³/mol. The van der Waals surface area contributed by atoms with Crippen molar-refractivity contribution in [3.63, 3.8) is 0 Å². The number of alkyl halides is 2. The second kappa shape index (κ2) is 6.69. The molecule has 1 saturated carbocycles. The van der Waals surface area contributed by atoms with Crippen LogP contribution in [0, 0.1) is 6.92 Å². The van der Waals surface area contributed by atoms with Crippen molar-refractivity contribution >= 4 is 28.1 Å². The first-order chi connectivity index (χ1) is 14.3. The fraction of sp³-hybridized carbons (Fsp3) is 0.400. The maximum atomic E-state index is 13.0. The number of rotatable bonds is 5. The molecule has 30 heavy (non-hydrogen) atoms. The third-order valence-electron chi connectivity index (χ3n) is 5.52. The lowest BCUT2D eigenvalue weighted by Crippen LogP contribution is -2.48. The first kappa shape index (κ1) is 18.9. The van der Waals surface area contributed by atoms with Crippen LogP contribution in [0.2, 0.25) is 0 Å². The lowest BCUT2D eigenvalue weighted by molar-refractivity contribution is -0.0235. The summed E-state index contributed by atoms with van der Waals surface area (Å²) in [5.74, 6) is 0.994. The zero-order valence-electron chi connectivity index (χ0n) is 16.5. The molecule has 4 aromatic rings. The minimum absolute atomic E-state index is 0.148. The van der Waals surface area contributed by atoms with Gasteiger partial charge in [-0.1, -0.05) is 0 Å². The van der Waals surface area contributed by atoms with Crippen LogP contribution in [0.5, 0.6) is 0 Å². The number of hydrogen-bond acceptors (Lipinski definition) is 6. The molecule has 1 aliphatic rings. The number of pyridine rings is 1. The van der Waals surface area contributed by atoms with Crippen LogP contribution >= 0.6 is 0 Å². The molecule has 1 fully saturated rings. The van der Waals surface area contributed by atoms with Crippen molar-refractivity contribution in [3.05, 3.63) is 30.4 Å². The maximum Gasteiger partial charge on any atom is 0.256 e. The number of H-pyrrole nitrogens is 1. The molecule has 3 N–H and O–H groups in total. The van der Waals surface area contributed by atoms with Crippen LogP contribution in [0.1, 0.15) is 25.6 Å². The highest BCUT2D eigenvalue weighted by Gasteiger charge is 2.38. The lowest BCUT2D eigenvalue weighted by atomic mass is 9.77. The molecule has 4 aromatic heterocycles. The Hall–Kier alpha value is -3.14. The molecule has 4 heterocycles. The summed E-state index contributed by atoms with van der Waals surface area (Å²) in [6.45, 7) is 3.06. The van der Waals surface area contributed by atoms with Crippen molar-refractivity contribution in [2.45, 2.75) is 51.3 Å². The Bertz CT molecular complexity index is 1240. The van der Waals surface area contributed by atoms with E-state index in [2.05, 4.69) is 30.2 Å². The summed E-state index contributed by atoms with van der Waals surface area (Å²) in [5.41, 5.74) is 2.44. The predicted octanol–water partition coefficient (Wildman–Crippen LogP) is 3.27. The van der Waals surface area contributed by atoms with Gasteiger partial charge >= 0.3 is 0 Å². The summed E-state index contributed by atoms with van der Waals surface area (Å²) in [5, 5.41) is 13.9. The second-order valence-electron chi connectivity index (χ2n) is 8.10. The molecule has 0 aromatic carbocycles. The molecular formula is C20H21F2N7O. The summed E-state index contributed by atoms with van der Waals surface area (Å²) in [4.78, 5) is 21.0. The Morgan fingerprint density at radius 1 is 1.30 bits per heavy atom. The van der Waals surface area contributed by atoms with E-state index in [1.807, 2.05) is 13.0 Å². The molecule has 0 aliphatic heterocycles. The van der Waals surface area contributed by atoms with Crippen molar-refractivity contribution in [3.8, 4) is 11.3 Å². The number of fused-ring (bicyclic) bond motifs is 2. The van der Waals surface area contributed by atoms with Crippen LogP contribution in [0.4, 0.5) is 14.7 Å². The molecule has 0 saturated heterocycles. The molecule has 156 valence electrons. The van der Waals surface area contributed by atoms with Crippen LogP contribution in [0.3, 0.4) is 0 Å². The molecule has 0 bridgehead atoms. The Kier molecular flexibility index (Phi) is 4.21. The van der Waals surface area contributed by atoms with Crippen molar-refractivity contribution in [2.75, 3.05) is 5.32 Å². The molecule has 8 nitrogen and oxygen atoms in total. The summed E-state index contributed by atoms with van der Waals surface area (Å²) >= 11 is 0. The van der Waals surface area contributed by atoms with Gasteiger partial charge in [-0.15, -0.1) is 0 Å². The highest BCUT2D eigenvalue weighted by Crippen LogP contribution is 2.34. The Morgan fingerprint density at radius 2 is 2.10 bits per heavy atom. The van der Waals surface area contributed by atoms with Crippen LogP contribution in [0.25, 0.3) is 33.5 Å². The molecule has 1 aliphatic carbocycles. The van der Waals surface area contributed by atoms with Crippen molar-refractivity contribution in [1.29, 1.82) is 0 Å². The average Bonchev–Trinajstić information content (AvgIpc) is 3.20. The Labute approximate surface area is 170 Å². The van der Waals surface area contributed by atoms with Gasteiger partial charge in [0.15, 0.2) is 5.65 Å². The number of anilines is 1. The van der Waals surface area contributed by atoms with Gasteiger partial charge in [0.25, 0.3) is 6.43 Å². The van der Waals surface area contributed by atoms with Gasteiger partial charge in [-0.3, -0.25) is 0 Å². The minimum Gasteiger partial charge on any atom is -0.390 e. The van der Waals surface area contributed by atoms with Gasteiger partial charge in [-0.05, 0) is 38.8 Å². The third kappa shape index (κ3) is 3.26. The minimum atomic E-state index is -2.49. The van der Waals surface area contributed by atoms with E-state index in [1.165, 1.54) is 4.57 Å². The van der Waals surface area contributed by atoms with E-state index < -0.39 is 18.6 Å². The highest BCUT2D eigenvalue weighted by atomic mass is 19.3. The van der Waals surface area contributed by atoms with Crippen LogP contribution in [0.15, 0.2) is 24.5 Å². The normalized spacial score (nSPS) is 21.5. The number of halogens is 2. The van der Waals surface area contributed by atoms with E-state index in [0.717, 1.165) is 10.9 Å². The number of nitrogens with zero attached hydrogens (tertiary/aromatic N) is 5. The van der Waals surface area contributed by atoms with Crippen LogP contribution in [-0.2, 0) is 6.54 Å². The highest BCUT2D eigenvalue weighted by molar-refractivity contribution is 5.93. The molecule has 0 unspecified atom stereocenters.